The Morgan fingerprint density at radius 3 is 2.37 bits per heavy atom. The molecule has 0 saturated carbocycles. The van der Waals surface area contributed by atoms with Gasteiger partial charge in [0.2, 0.25) is 0 Å². The molecule has 0 saturated heterocycles. The van der Waals surface area contributed by atoms with Crippen molar-refractivity contribution in [2.75, 3.05) is 6.61 Å². The van der Waals surface area contributed by atoms with Crippen molar-refractivity contribution in [1.29, 1.82) is 0 Å². The molecule has 0 aromatic carbocycles. The smallest absolute Gasteiger partial charge is 0.356 e. The molecule has 1 aliphatic heterocycles. The van der Waals surface area contributed by atoms with E-state index in [1.54, 1.807) is 27.7 Å². The number of aliphatic carboxylic acids is 1. The highest BCUT2D eigenvalue weighted by Gasteiger charge is 2.48. The van der Waals surface area contributed by atoms with Gasteiger partial charge in [-0.05, 0) is 32.8 Å². The number of nitrogens with zero attached hydrogens (tertiary/aromatic N) is 1. The molecule has 5 heteroatoms. The van der Waals surface area contributed by atoms with Crippen LogP contribution in [0, 0.1) is 11.3 Å². The highest BCUT2D eigenvalue weighted by Crippen LogP contribution is 2.46. The summed E-state index contributed by atoms with van der Waals surface area (Å²) in [6.07, 6.45) is 0.588. The third-order valence-electron chi connectivity index (χ3n) is 4.09. The number of carbonyl (C=O) groups excluding carboxylic acids is 1. The standard InChI is InChI=1S/C14H21NO4/c1-6-14(9(4)12(16)17)8(3)11(15-10(14)5)13(18)19-7-2/h9H,6-7H2,1-5H3,(H,16,17). The van der Waals surface area contributed by atoms with Crippen molar-refractivity contribution >= 4 is 17.7 Å². The molecule has 0 fully saturated rings. The molecule has 2 unspecified atom stereocenters. The fraction of sp³-hybridized carbons (Fsp3) is 0.643. The number of carboxylic acids is 1. The topological polar surface area (TPSA) is 76.0 Å². The van der Waals surface area contributed by atoms with Crippen molar-refractivity contribution in [1.82, 2.24) is 0 Å². The molecule has 2 atom stereocenters. The zero-order valence-corrected chi connectivity index (χ0v) is 12.1. The number of allylic oxidation sites excluding steroid dienone is 1. The third-order valence-corrected chi connectivity index (χ3v) is 4.09. The molecule has 0 spiro atoms. The zero-order valence-electron chi connectivity index (χ0n) is 12.1. The maximum Gasteiger partial charge on any atom is 0.356 e. The van der Waals surface area contributed by atoms with Gasteiger partial charge >= 0.3 is 11.9 Å². The molecule has 0 radical (unpaired) electrons. The lowest BCUT2D eigenvalue weighted by Crippen LogP contribution is -2.39. The minimum absolute atomic E-state index is 0.259. The Labute approximate surface area is 113 Å². The Hall–Kier alpha value is -1.65. The van der Waals surface area contributed by atoms with Crippen LogP contribution in [0.3, 0.4) is 0 Å². The van der Waals surface area contributed by atoms with E-state index in [0.29, 0.717) is 17.7 Å². The first kappa shape index (κ1) is 15.4. The number of rotatable bonds is 5. The van der Waals surface area contributed by atoms with Gasteiger partial charge in [0.05, 0.1) is 12.5 Å². The van der Waals surface area contributed by atoms with Crippen LogP contribution in [0.4, 0.5) is 0 Å². The average molecular weight is 267 g/mol. The van der Waals surface area contributed by atoms with Crippen molar-refractivity contribution in [3.63, 3.8) is 0 Å². The largest absolute Gasteiger partial charge is 0.481 e. The number of hydrogen-bond donors (Lipinski definition) is 1. The van der Waals surface area contributed by atoms with E-state index in [1.165, 1.54) is 0 Å². The summed E-state index contributed by atoms with van der Waals surface area (Å²) in [6.45, 7) is 9.12. The monoisotopic (exact) mass is 267 g/mol. The molecule has 1 heterocycles. The van der Waals surface area contributed by atoms with E-state index in [0.717, 1.165) is 0 Å². The summed E-state index contributed by atoms with van der Waals surface area (Å²) in [5.74, 6) is -2.00. The van der Waals surface area contributed by atoms with Crippen molar-refractivity contribution in [3.05, 3.63) is 11.3 Å². The molecular formula is C14H21NO4. The zero-order chi connectivity index (χ0) is 14.8. The van der Waals surface area contributed by atoms with Crippen LogP contribution < -0.4 is 0 Å². The molecule has 1 rings (SSSR count). The number of hydrogen-bond acceptors (Lipinski definition) is 4. The average Bonchev–Trinajstić information content (AvgIpc) is 2.61. The predicted molar refractivity (Wildman–Crippen MR) is 72.0 cm³/mol. The molecule has 5 nitrogen and oxygen atoms in total. The molecule has 0 aliphatic carbocycles. The fourth-order valence-corrected chi connectivity index (χ4v) is 2.91. The maximum absolute atomic E-state index is 11.9. The summed E-state index contributed by atoms with van der Waals surface area (Å²) in [7, 11) is 0. The number of ether oxygens (including phenoxy) is 1. The van der Waals surface area contributed by atoms with Crippen LogP contribution in [-0.4, -0.2) is 29.4 Å². The number of esters is 1. The highest BCUT2D eigenvalue weighted by molar-refractivity contribution is 6.04. The fourth-order valence-electron chi connectivity index (χ4n) is 2.91. The van der Waals surface area contributed by atoms with Crippen molar-refractivity contribution in [3.8, 4) is 0 Å². The van der Waals surface area contributed by atoms with Gasteiger partial charge in [0.1, 0.15) is 5.70 Å². The summed E-state index contributed by atoms with van der Waals surface area (Å²) in [5.41, 5.74) is 0.939. The van der Waals surface area contributed by atoms with Gasteiger partial charge < -0.3 is 9.84 Å². The van der Waals surface area contributed by atoms with Gasteiger partial charge in [-0.15, -0.1) is 0 Å². The first-order valence-corrected chi connectivity index (χ1v) is 6.49. The van der Waals surface area contributed by atoms with Crippen LogP contribution in [0.1, 0.15) is 41.0 Å². The lowest BCUT2D eigenvalue weighted by molar-refractivity contribution is -0.144. The quantitative estimate of drug-likeness (QED) is 0.776. The van der Waals surface area contributed by atoms with Crippen LogP contribution in [0.5, 0.6) is 0 Å². The van der Waals surface area contributed by atoms with Crippen LogP contribution in [0.25, 0.3) is 0 Å². The molecule has 106 valence electrons. The Morgan fingerprint density at radius 1 is 1.37 bits per heavy atom. The van der Waals surface area contributed by atoms with Crippen LogP contribution in [0.2, 0.25) is 0 Å². The Bertz CT molecular complexity index is 464. The summed E-state index contributed by atoms with van der Waals surface area (Å²) in [5, 5.41) is 9.31. The van der Waals surface area contributed by atoms with E-state index in [-0.39, 0.29) is 12.3 Å². The normalized spacial score (nSPS) is 24.2. The first-order valence-electron chi connectivity index (χ1n) is 6.49. The van der Waals surface area contributed by atoms with E-state index < -0.39 is 23.3 Å². The van der Waals surface area contributed by atoms with E-state index in [2.05, 4.69) is 4.99 Å². The molecule has 0 bridgehead atoms. The number of carboxylic acid groups (broad SMARTS) is 1. The van der Waals surface area contributed by atoms with Crippen molar-refractivity contribution in [2.45, 2.75) is 41.0 Å². The van der Waals surface area contributed by atoms with Crippen LogP contribution in [0.15, 0.2) is 16.3 Å². The van der Waals surface area contributed by atoms with E-state index in [9.17, 15) is 14.7 Å². The maximum atomic E-state index is 11.9. The van der Waals surface area contributed by atoms with Gasteiger partial charge in [-0.1, -0.05) is 13.8 Å². The van der Waals surface area contributed by atoms with Gasteiger partial charge in [0.15, 0.2) is 0 Å². The van der Waals surface area contributed by atoms with Crippen molar-refractivity contribution < 1.29 is 19.4 Å². The Balaban J connectivity index is 3.32. The molecule has 1 N–H and O–H groups in total. The van der Waals surface area contributed by atoms with E-state index in [4.69, 9.17) is 4.74 Å². The minimum atomic E-state index is -0.888. The minimum Gasteiger partial charge on any atom is -0.481 e. The molecule has 19 heavy (non-hydrogen) atoms. The Morgan fingerprint density at radius 2 is 1.95 bits per heavy atom. The summed E-state index contributed by atoms with van der Waals surface area (Å²) in [4.78, 5) is 27.5. The number of carbonyl (C=O) groups is 2. The Kier molecular flexibility index (Phi) is 4.50. The SMILES string of the molecule is CCOC(=O)C1=C(C)C(CC)(C(C)C(=O)O)C(C)=N1. The molecule has 0 aromatic heterocycles. The molecule has 0 aromatic rings. The van der Waals surface area contributed by atoms with Crippen molar-refractivity contribution in [2.24, 2.45) is 16.3 Å². The summed E-state index contributed by atoms with van der Waals surface area (Å²) in [6, 6.07) is 0. The predicted octanol–water partition coefficient (Wildman–Crippen LogP) is 2.42. The molecule has 1 aliphatic rings. The van der Waals surface area contributed by atoms with Gasteiger partial charge in [-0.25, -0.2) is 9.79 Å². The second-order valence-electron chi connectivity index (χ2n) is 4.78. The summed E-state index contributed by atoms with van der Waals surface area (Å²) < 4.78 is 4.97. The molecular weight excluding hydrogens is 246 g/mol. The highest BCUT2D eigenvalue weighted by atomic mass is 16.5. The second-order valence-corrected chi connectivity index (χ2v) is 4.78. The van der Waals surface area contributed by atoms with Gasteiger partial charge in [-0.2, -0.15) is 0 Å². The molecule has 0 amide bonds. The number of aliphatic imine (C=N–C) groups is 1. The first-order chi connectivity index (χ1) is 8.82. The lowest BCUT2D eigenvalue weighted by Gasteiger charge is -2.34. The van der Waals surface area contributed by atoms with Gasteiger partial charge in [-0.3, -0.25) is 4.79 Å². The second kappa shape index (κ2) is 5.55. The van der Waals surface area contributed by atoms with Gasteiger partial charge in [0.25, 0.3) is 0 Å². The lowest BCUT2D eigenvalue weighted by atomic mass is 9.67. The van der Waals surface area contributed by atoms with E-state index >= 15 is 0 Å². The third kappa shape index (κ3) is 2.29. The van der Waals surface area contributed by atoms with Crippen LogP contribution >= 0.6 is 0 Å². The van der Waals surface area contributed by atoms with Gasteiger partial charge in [0, 0.05) is 11.1 Å². The van der Waals surface area contributed by atoms with E-state index in [1.807, 2.05) is 6.92 Å². The summed E-state index contributed by atoms with van der Waals surface area (Å²) >= 11 is 0. The van der Waals surface area contributed by atoms with Crippen LogP contribution in [-0.2, 0) is 14.3 Å².